The molecule has 0 spiro atoms. The van der Waals surface area contributed by atoms with E-state index in [1.54, 1.807) is 0 Å². The van der Waals surface area contributed by atoms with Gasteiger partial charge in [-0.3, -0.25) is 4.90 Å². The Hall–Kier alpha value is -0.490. The quantitative estimate of drug-likeness (QED) is 0.874. The Morgan fingerprint density at radius 2 is 2.29 bits per heavy atom. The summed E-state index contributed by atoms with van der Waals surface area (Å²) in [4.78, 5) is 10.7. The van der Waals surface area contributed by atoms with Crippen molar-refractivity contribution in [2.75, 3.05) is 40.3 Å². The maximum atomic E-state index is 4.59. The molecule has 96 valence electrons. The van der Waals surface area contributed by atoms with Crippen molar-refractivity contribution in [1.82, 2.24) is 20.1 Å². The number of likely N-dealkylation sites (N-methyl/N-ethyl adjacent to an activating group) is 2. The zero-order valence-corrected chi connectivity index (χ0v) is 11.8. The average Bonchev–Trinajstić information content (AvgIpc) is 2.78. The molecule has 1 aliphatic heterocycles. The summed E-state index contributed by atoms with van der Waals surface area (Å²) in [5, 5.41) is 4.60. The fraction of sp³-hybridized carbons (Fsp3) is 0.750. The van der Waals surface area contributed by atoms with Crippen molar-refractivity contribution in [2.24, 2.45) is 0 Å². The van der Waals surface area contributed by atoms with E-state index in [1.807, 2.05) is 17.5 Å². The number of nitrogens with one attached hydrogen (secondary N) is 1. The smallest absolute Gasteiger partial charge is 0.111 e. The predicted molar refractivity (Wildman–Crippen MR) is 72.4 cm³/mol. The normalized spacial score (nSPS) is 23.1. The number of rotatable bonds is 4. The average molecular weight is 254 g/mol. The van der Waals surface area contributed by atoms with Crippen LogP contribution in [0, 0.1) is 0 Å². The van der Waals surface area contributed by atoms with Gasteiger partial charge in [0.25, 0.3) is 0 Å². The topological polar surface area (TPSA) is 31.4 Å². The number of aromatic nitrogens is 1. The van der Waals surface area contributed by atoms with Crippen LogP contribution in [0.15, 0.2) is 6.20 Å². The largest absolute Gasteiger partial charge is 0.312 e. The molecule has 1 fully saturated rings. The monoisotopic (exact) mass is 254 g/mol. The SMILES string of the molecule is CCNCc1cnc(C2CN(C)CCN2C)s1. The van der Waals surface area contributed by atoms with Gasteiger partial charge in [0.2, 0.25) is 0 Å². The van der Waals surface area contributed by atoms with Crippen LogP contribution in [0.3, 0.4) is 0 Å². The Morgan fingerprint density at radius 1 is 1.47 bits per heavy atom. The summed E-state index contributed by atoms with van der Waals surface area (Å²) in [5.74, 6) is 0. The first-order valence-corrected chi connectivity index (χ1v) is 7.06. The van der Waals surface area contributed by atoms with Crippen LogP contribution >= 0.6 is 11.3 Å². The van der Waals surface area contributed by atoms with Crippen LogP contribution in [-0.4, -0.2) is 55.1 Å². The molecule has 0 aliphatic carbocycles. The first-order chi connectivity index (χ1) is 8.20. The zero-order valence-electron chi connectivity index (χ0n) is 10.9. The van der Waals surface area contributed by atoms with E-state index in [9.17, 15) is 0 Å². The van der Waals surface area contributed by atoms with Gasteiger partial charge in [0.1, 0.15) is 5.01 Å². The van der Waals surface area contributed by atoms with E-state index in [2.05, 4.69) is 41.1 Å². The Kier molecular flexibility index (Phi) is 4.50. The van der Waals surface area contributed by atoms with Crippen molar-refractivity contribution >= 4 is 11.3 Å². The van der Waals surface area contributed by atoms with E-state index in [0.29, 0.717) is 6.04 Å². The second-order valence-corrected chi connectivity index (χ2v) is 5.85. The third kappa shape index (κ3) is 3.25. The van der Waals surface area contributed by atoms with E-state index in [-0.39, 0.29) is 0 Å². The summed E-state index contributed by atoms with van der Waals surface area (Å²) in [5.41, 5.74) is 0. The number of thiazole rings is 1. The predicted octanol–water partition coefficient (Wildman–Crippen LogP) is 1.17. The molecule has 2 heterocycles. The van der Waals surface area contributed by atoms with E-state index in [0.717, 1.165) is 32.7 Å². The van der Waals surface area contributed by atoms with E-state index in [4.69, 9.17) is 0 Å². The Morgan fingerprint density at radius 3 is 3.06 bits per heavy atom. The Labute approximate surface area is 108 Å². The van der Waals surface area contributed by atoms with Gasteiger partial charge in [0.05, 0.1) is 6.04 Å². The molecule has 1 aliphatic rings. The third-order valence-corrected chi connectivity index (χ3v) is 4.36. The second-order valence-electron chi connectivity index (χ2n) is 4.70. The molecule has 0 saturated carbocycles. The highest BCUT2D eigenvalue weighted by atomic mass is 32.1. The molecule has 1 unspecified atom stereocenters. The van der Waals surface area contributed by atoms with Crippen molar-refractivity contribution in [2.45, 2.75) is 19.5 Å². The van der Waals surface area contributed by atoms with Crippen LogP contribution in [0.4, 0.5) is 0 Å². The molecule has 17 heavy (non-hydrogen) atoms. The molecule has 1 saturated heterocycles. The molecular formula is C12H22N4S. The number of hydrogen-bond donors (Lipinski definition) is 1. The second kappa shape index (κ2) is 5.91. The molecule has 1 atom stereocenters. The molecule has 0 bridgehead atoms. The zero-order chi connectivity index (χ0) is 12.3. The minimum absolute atomic E-state index is 0.467. The molecule has 1 aromatic rings. The van der Waals surface area contributed by atoms with Gasteiger partial charge in [-0.25, -0.2) is 4.98 Å². The van der Waals surface area contributed by atoms with Crippen LogP contribution in [-0.2, 0) is 6.54 Å². The Bertz CT molecular complexity index is 352. The third-order valence-electron chi connectivity index (χ3n) is 3.26. The van der Waals surface area contributed by atoms with Gasteiger partial charge < -0.3 is 10.2 Å². The van der Waals surface area contributed by atoms with E-state index in [1.165, 1.54) is 9.88 Å². The lowest BCUT2D eigenvalue weighted by molar-refractivity contribution is 0.115. The summed E-state index contributed by atoms with van der Waals surface area (Å²) < 4.78 is 0. The molecule has 5 heteroatoms. The maximum Gasteiger partial charge on any atom is 0.111 e. The summed E-state index contributed by atoms with van der Waals surface area (Å²) >= 11 is 1.84. The standard InChI is InChI=1S/C12H22N4S/c1-4-13-7-10-8-14-12(17-10)11-9-15(2)5-6-16(11)3/h8,11,13H,4-7,9H2,1-3H3. The fourth-order valence-corrected chi connectivity index (χ4v) is 3.13. The molecular weight excluding hydrogens is 232 g/mol. The van der Waals surface area contributed by atoms with Crippen molar-refractivity contribution in [3.05, 3.63) is 16.1 Å². The summed E-state index contributed by atoms with van der Waals surface area (Å²) in [7, 11) is 4.39. The van der Waals surface area contributed by atoms with Crippen molar-refractivity contribution in [1.29, 1.82) is 0 Å². The molecule has 1 N–H and O–H groups in total. The molecule has 0 amide bonds. The highest BCUT2D eigenvalue weighted by molar-refractivity contribution is 7.11. The van der Waals surface area contributed by atoms with Crippen LogP contribution < -0.4 is 5.32 Å². The van der Waals surface area contributed by atoms with Crippen molar-refractivity contribution in [3.63, 3.8) is 0 Å². The van der Waals surface area contributed by atoms with Crippen molar-refractivity contribution in [3.8, 4) is 0 Å². The van der Waals surface area contributed by atoms with Crippen LogP contribution in [0.2, 0.25) is 0 Å². The van der Waals surface area contributed by atoms with Gasteiger partial charge in [-0.05, 0) is 20.6 Å². The van der Waals surface area contributed by atoms with Gasteiger partial charge in [-0.2, -0.15) is 0 Å². The minimum Gasteiger partial charge on any atom is -0.312 e. The first-order valence-electron chi connectivity index (χ1n) is 6.24. The van der Waals surface area contributed by atoms with Crippen LogP contribution in [0.5, 0.6) is 0 Å². The van der Waals surface area contributed by atoms with Gasteiger partial charge in [0.15, 0.2) is 0 Å². The fourth-order valence-electron chi connectivity index (χ4n) is 2.08. The van der Waals surface area contributed by atoms with Crippen LogP contribution in [0.25, 0.3) is 0 Å². The Balaban J connectivity index is 2.02. The summed E-state index contributed by atoms with van der Waals surface area (Å²) in [6.07, 6.45) is 2.02. The summed E-state index contributed by atoms with van der Waals surface area (Å²) in [6, 6.07) is 0.467. The van der Waals surface area contributed by atoms with Gasteiger partial charge >= 0.3 is 0 Å². The lowest BCUT2D eigenvalue weighted by Gasteiger charge is -2.36. The van der Waals surface area contributed by atoms with Gasteiger partial charge in [-0.15, -0.1) is 11.3 Å². The molecule has 4 nitrogen and oxygen atoms in total. The number of nitrogens with zero attached hydrogens (tertiary/aromatic N) is 3. The van der Waals surface area contributed by atoms with Crippen LogP contribution in [0.1, 0.15) is 22.9 Å². The lowest BCUT2D eigenvalue weighted by atomic mass is 10.2. The summed E-state index contributed by atoms with van der Waals surface area (Å²) in [6.45, 7) is 7.46. The maximum absolute atomic E-state index is 4.59. The highest BCUT2D eigenvalue weighted by Gasteiger charge is 2.25. The number of piperazine rings is 1. The number of hydrogen-bond acceptors (Lipinski definition) is 5. The minimum atomic E-state index is 0.467. The van der Waals surface area contributed by atoms with Gasteiger partial charge in [0, 0.05) is 37.3 Å². The molecule has 0 aromatic carbocycles. The van der Waals surface area contributed by atoms with Crippen molar-refractivity contribution < 1.29 is 0 Å². The van der Waals surface area contributed by atoms with E-state index < -0.39 is 0 Å². The molecule has 1 aromatic heterocycles. The molecule has 2 rings (SSSR count). The first kappa shape index (κ1) is 13.0. The molecule has 0 radical (unpaired) electrons. The van der Waals surface area contributed by atoms with Gasteiger partial charge in [-0.1, -0.05) is 6.92 Å². The lowest BCUT2D eigenvalue weighted by Crippen LogP contribution is -2.44. The van der Waals surface area contributed by atoms with E-state index >= 15 is 0 Å². The highest BCUT2D eigenvalue weighted by Crippen LogP contribution is 2.27.